The Hall–Kier alpha value is -2.83. The fraction of sp³-hybridized carbons (Fsp3) is 0.421. The average molecular weight is 361 g/mol. The molecule has 140 valence electrons. The molecule has 26 heavy (non-hydrogen) atoms. The Balaban J connectivity index is 2.24. The molecule has 7 nitrogen and oxygen atoms in total. The van der Waals surface area contributed by atoms with E-state index in [-0.39, 0.29) is 5.75 Å². The van der Waals surface area contributed by atoms with Crippen molar-refractivity contribution >= 4 is 23.0 Å². The Labute approximate surface area is 151 Å². The van der Waals surface area contributed by atoms with Gasteiger partial charge in [-0.3, -0.25) is 0 Å². The number of ether oxygens (including phenoxy) is 2. The van der Waals surface area contributed by atoms with Crippen molar-refractivity contribution in [1.29, 1.82) is 0 Å². The van der Waals surface area contributed by atoms with Gasteiger partial charge in [0.25, 0.3) is 0 Å². The zero-order valence-electron chi connectivity index (χ0n) is 15.8. The first-order valence-corrected chi connectivity index (χ1v) is 8.22. The highest BCUT2D eigenvalue weighted by molar-refractivity contribution is 5.91. The summed E-state index contributed by atoms with van der Waals surface area (Å²) in [6.07, 6.45) is -0.710. The molecule has 0 radical (unpaired) electrons. The summed E-state index contributed by atoms with van der Waals surface area (Å²) in [4.78, 5) is 35.7. The number of amides is 1. The van der Waals surface area contributed by atoms with E-state index in [4.69, 9.17) is 13.9 Å². The smallest absolute Gasteiger partial charge is 0.408 e. The molecular weight excluding hydrogens is 338 g/mol. The first-order chi connectivity index (χ1) is 12.0. The zero-order valence-corrected chi connectivity index (χ0v) is 15.8. The van der Waals surface area contributed by atoms with Crippen molar-refractivity contribution in [3.8, 4) is 5.75 Å². The molecule has 0 spiro atoms. The van der Waals surface area contributed by atoms with E-state index in [0.29, 0.717) is 16.5 Å². The van der Waals surface area contributed by atoms with Gasteiger partial charge in [0.05, 0.1) is 5.39 Å². The monoisotopic (exact) mass is 361 g/mol. The van der Waals surface area contributed by atoms with Gasteiger partial charge in [0.1, 0.15) is 23.0 Å². The highest BCUT2D eigenvalue weighted by atomic mass is 16.6. The van der Waals surface area contributed by atoms with Crippen LogP contribution in [0.2, 0.25) is 0 Å². The van der Waals surface area contributed by atoms with Gasteiger partial charge in [0.15, 0.2) is 0 Å². The van der Waals surface area contributed by atoms with Gasteiger partial charge in [-0.25, -0.2) is 14.4 Å². The number of hydrogen-bond acceptors (Lipinski definition) is 6. The van der Waals surface area contributed by atoms with Crippen LogP contribution in [0.1, 0.15) is 38.8 Å². The highest BCUT2D eigenvalue weighted by Gasteiger charge is 2.23. The second kappa shape index (κ2) is 7.19. The average Bonchev–Trinajstić information content (AvgIpc) is 2.43. The molecule has 1 aromatic carbocycles. The number of rotatable bonds is 3. The standard InChI is InChI=1S/C19H23NO6/c1-10-7-13-16(11(2)9-15(21)24-13)14(8-10)25-17(22)12(3)20-18(23)26-19(4,5)6/h7-9,12H,1-6H3,(H,20,23). The summed E-state index contributed by atoms with van der Waals surface area (Å²) in [5, 5.41) is 2.97. The number of aryl methyl sites for hydroxylation is 2. The molecule has 0 aliphatic rings. The van der Waals surface area contributed by atoms with Crippen LogP contribution in [0.15, 0.2) is 27.4 Å². The van der Waals surface area contributed by atoms with Crippen LogP contribution in [0.25, 0.3) is 11.0 Å². The van der Waals surface area contributed by atoms with E-state index in [1.807, 2.05) is 0 Å². The summed E-state index contributed by atoms with van der Waals surface area (Å²) < 4.78 is 15.8. The third kappa shape index (κ3) is 4.84. The molecule has 1 aromatic heterocycles. The van der Waals surface area contributed by atoms with E-state index >= 15 is 0 Å². The van der Waals surface area contributed by atoms with Crippen LogP contribution in [0.3, 0.4) is 0 Å². The van der Waals surface area contributed by atoms with Crippen LogP contribution in [0.4, 0.5) is 4.79 Å². The number of hydrogen-bond donors (Lipinski definition) is 1. The lowest BCUT2D eigenvalue weighted by Crippen LogP contribution is -2.43. The minimum atomic E-state index is -0.920. The van der Waals surface area contributed by atoms with Crippen molar-refractivity contribution in [2.45, 2.75) is 53.2 Å². The van der Waals surface area contributed by atoms with Gasteiger partial charge in [-0.05, 0) is 64.8 Å². The van der Waals surface area contributed by atoms with Crippen LogP contribution in [0, 0.1) is 13.8 Å². The molecule has 1 N–H and O–H groups in total. The Morgan fingerprint density at radius 3 is 2.42 bits per heavy atom. The molecule has 0 bridgehead atoms. The number of alkyl carbamates (subject to hydrolysis) is 1. The predicted molar refractivity (Wildman–Crippen MR) is 96.4 cm³/mol. The molecule has 2 rings (SSSR count). The first-order valence-electron chi connectivity index (χ1n) is 8.22. The number of fused-ring (bicyclic) bond motifs is 1. The second-order valence-corrected chi connectivity index (χ2v) is 7.17. The Morgan fingerprint density at radius 1 is 1.15 bits per heavy atom. The largest absolute Gasteiger partial charge is 0.444 e. The third-order valence-corrected chi connectivity index (χ3v) is 3.45. The third-order valence-electron chi connectivity index (χ3n) is 3.45. The van der Waals surface area contributed by atoms with Gasteiger partial charge >= 0.3 is 17.7 Å². The summed E-state index contributed by atoms with van der Waals surface area (Å²) in [6.45, 7) is 10.2. The first kappa shape index (κ1) is 19.5. The van der Waals surface area contributed by atoms with Crippen molar-refractivity contribution in [3.63, 3.8) is 0 Å². The number of benzene rings is 1. The number of carbonyl (C=O) groups is 2. The SMILES string of the molecule is Cc1cc(OC(=O)C(C)NC(=O)OC(C)(C)C)c2c(C)cc(=O)oc2c1. The van der Waals surface area contributed by atoms with Gasteiger partial charge in [0, 0.05) is 6.07 Å². The maximum absolute atomic E-state index is 12.4. The van der Waals surface area contributed by atoms with Crippen LogP contribution in [0.5, 0.6) is 5.75 Å². The lowest BCUT2D eigenvalue weighted by atomic mass is 10.1. The Kier molecular flexibility index (Phi) is 5.39. The molecule has 7 heteroatoms. The van der Waals surface area contributed by atoms with E-state index in [9.17, 15) is 14.4 Å². The Bertz CT molecular complexity index is 907. The number of nitrogens with one attached hydrogen (secondary N) is 1. The molecule has 0 aliphatic heterocycles. The molecule has 0 aliphatic carbocycles. The maximum atomic E-state index is 12.4. The van der Waals surface area contributed by atoms with E-state index in [1.54, 1.807) is 46.8 Å². The fourth-order valence-corrected chi connectivity index (χ4v) is 2.40. The second-order valence-electron chi connectivity index (χ2n) is 7.17. The van der Waals surface area contributed by atoms with E-state index in [2.05, 4.69) is 5.32 Å². The zero-order chi connectivity index (χ0) is 19.6. The molecular formula is C19H23NO6. The quantitative estimate of drug-likeness (QED) is 0.512. The molecule has 0 saturated carbocycles. The van der Waals surface area contributed by atoms with Crippen LogP contribution in [-0.2, 0) is 9.53 Å². The van der Waals surface area contributed by atoms with Crippen LogP contribution >= 0.6 is 0 Å². The molecule has 2 aromatic rings. The minimum absolute atomic E-state index is 0.268. The highest BCUT2D eigenvalue weighted by Crippen LogP contribution is 2.29. The van der Waals surface area contributed by atoms with Crippen molar-refractivity contribution in [3.05, 3.63) is 39.7 Å². The van der Waals surface area contributed by atoms with Gasteiger partial charge in [-0.1, -0.05) is 0 Å². The summed E-state index contributed by atoms with van der Waals surface area (Å²) in [6, 6.07) is 3.78. The van der Waals surface area contributed by atoms with E-state index in [1.165, 1.54) is 13.0 Å². The molecule has 1 amide bonds. The van der Waals surface area contributed by atoms with Gasteiger partial charge in [0.2, 0.25) is 0 Å². The van der Waals surface area contributed by atoms with Gasteiger partial charge < -0.3 is 19.2 Å². The summed E-state index contributed by atoms with van der Waals surface area (Å²) >= 11 is 0. The number of esters is 1. The fourth-order valence-electron chi connectivity index (χ4n) is 2.40. The predicted octanol–water partition coefficient (Wildman–Crippen LogP) is 3.23. The van der Waals surface area contributed by atoms with Crippen LogP contribution < -0.4 is 15.7 Å². The summed E-state index contributed by atoms with van der Waals surface area (Å²) in [5.41, 5.74) is 0.590. The van der Waals surface area contributed by atoms with Crippen molar-refractivity contribution in [1.82, 2.24) is 5.32 Å². The Morgan fingerprint density at radius 2 is 1.81 bits per heavy atom. The maximum Gasteiger partial charge on any atom is 0.408 e. The lowest BCUT2D eigenvalue weighted by Gasteiger charge is -2.21. The van der Waals surface area contributed by atoms with Gasteiger partial charge in [-0.2, -0.15) is 0 Å². The van der Waals surface area contributed by atoms with Crippen LogP contribution in [-0.4, -0.2) is 23.7 Å². The molecule has 0 fully saturated rings. The van der Waals surface area contributed by atoms with Crippen molar-refractivity contribution < 1.29 is 23.5 Å². The molecule has 1 unspecified atom stereocenters. The molecule has 0 saturated heterocycles. The normalized spacial score (nSPS) is 12.5. The summed E-state index contributed by atoms with van der Waals surface area (Å²) in [7, 11) is 0. The van der Waals surface area contributed by atoms with Crippen molar-refractivity contribution in [2.75, 3.05) is 0 Å². The number of carbonyl (C=O) groups excluding carboxylic acids is 2. The van der Waals surface area contributed by atoms with E-state index < -0.39 is 29.3 Å². The molecule has 1 heterocycles. The summed E-state index contributed by atoms with van der Waals surface area (Å²) in [5.74, 6) is -0.391. The minimum Gasteiger partial charge on any atom is -0.444 e. The molecule has 1 atom stereocenters. The van der Waals surface area contributed by atoms with E-state index in [0.717, 1.165) is 5.56 Å². The topological polar surface area (TPSA) is 94.8 Å². The lowest BCUT2D eigenvalue weighted by molar-refractivity contribution is -0.136. The van der Waals surface area contributed by atoms with Gasteiger partial charge in [-0.15, -0.1) is 0 Å². The van der Waals surface area contributed by atoms with Crippen molar-refractivity contribution in [2.24, 2.45) is 0 Å².